The van der Waals surface area contributed by atoms with E-state index in [1.807, 2.05) is 6.07 Å². The van der Waals surface area contributed by atoms with Crippen LogP contribution in [0.25, 0.3) is 0 Å². The van der Waals surface area contributed by atoms with Gasteiger partial charge in [-0.3, -0.25) is 0 Å². The molecular formula is C17H14F4N2OS2. The Morgan fingerprint density at radius 3 is 2.69 bits per heavy atom. The summed E-state index contributed by atoms with van der Waals surface area (Å²) in [6, 6.07) is 8.87. The van der Waals surface area contributed by atoms with Crippen LogP contribution >= 0.6 is 22.7 Å². The maximum absolute atomic E-state index is 14.2. The molecule has 3 rings (SSSR count). The summed E-state index contributed by atoms with van der Waals surface area (Å²) >= 11 is 1.25. The number of halogens is 4. The largest absolute Gasteiger partial charge is 0.495 e. The van der Waals surface area contributed by atoms with E-state index in [0.29, 0.717) is 28.8 Å². The number of benzene rings is 1. The molecule has 1 saturated heterocycles. The van der Waals surface area contributed by atoms with E-state index in [4.69, 9.17) is 4.74 Å². The normalized spacial score (nSPS) is 23.4. The number of para-hydroxylation sites is 2. The van der Waals surface area contributed by atoms with Crippen molar-refractivity contribution in [2.75, 3.05) is 24.3 Å². The number of alkyl halides is 3. The Morgan fingerprint density at radius 1 is 1.31 bits per heavy atom. The van der Waals surface area contributed by atoms with Gasteiger partial charge < -0.3 is 9.64 Å². The molecule has 0 aromatic heterocycles. The highest BCUT2D eigenvalue weighted by Crippen LogP contribution is 2.61. The van der Waals surface area contributed by atoms with E-state index in [2.05, 4.69) is 0 Å². The van der Waals surface area contributed by atoms with Gasteiger partial charge in [0.15, 0.2) is 0 Å². The van der Waals surface area contributed by atoms with Crippen molar-refractivity contribution >= 4 is 28.3 Å². The molecule has 2 heterocycles. The quantitative estimate of drug-likeness (QED) is 0.428. The Hall–Kier alpha value is -2.05. The lowest BCUT2D eigenvalue weighted by molar-refractivity contribution is -0.0836. The zero-order chi connectivity index (χ0) is 18.9. The molecule has 1 atom stereocenters. The Kier molecular flexibility index (Phi) is 5.25. The van der Waals surface area contributed by atoms with Crippen LogP contribution in [0.15, 0.2) is 56.4 Å². The molecule has 1 aromatic carbocycles. The van der Waals surface area contributed by atoms with Crippen LogP contribution in [-0.2, 0) is 0 Å². The van der Waals surface area contributed by atoms with Crippen LogP contribution in [-0.4, -0.2) is 25.6 Å². The van der Waals surface area contributed by atoms with Gasteiger partial charge in [0.05, 0.1) is 22.7 Å². The Morgan fingerprint density at radius 2 is 2.04 bits per heavy atom. The highest BCUT2D eigenvalue weighted by atomic mass is 32.2. The summed E-state index contributed by atoms with van der Waals surface area (Å²) in [6.07, 6.45) is -3.15. The molecule has 3 nitrogen and oxygen atoms in total. The fraction of sp³-hybridized carbons (Fsp3) is 0.235. The van der Waals surface area contributed by atoms with E-state index >= 15 is 0 Å². The maximum Gasteiger partial charge on any atom is 0.421 e. The number of methoxy groups -OCH3 is 1. The maximum atomic E-state index is 14.2. The fourth-order valence-electron chi connectivity index (χ4n) is 2.75. The second-order valence-corrected chi connectivity index (χ2v) is 8.42. The summed E-state index contributed by atoms with van der Waals surface area (Å²) in [7, 11) is -1.03. The molecule has 0 N–H and O–H groups in total. The van der Waals surface area contributed by atoms with Crippen LogP contribution in [0.4, 0.5) is 23.2 Å². The van der Waals surface area contributed by atoms with E-state index in [1.165, 1.54) is 18.9 Å². The van der Waals surface area contributed by atoms with Gasteiger partial charge in [-0.2, -0.15) is 18.4 Å². The Labute approximate surface area is 155 Å². The molecule has 1 aromatic rings. The van der Waals surface area contributed by atoms with Crippen LogP contribution in [0, 0.1) is 11.3 Å². The molecular weight excluding hydrogens is 388 g/mol. The van der Waals surface area contributed by atoms with Gasteiger partial charge in [0.1, 0.15) is 21.9 Å². The van der Waals surface area contributed by atoms with Crippen molar-refractivity contribution in [2.45, 2.75) is 6.18 Å². The molecule has 138 valence electrons. The predicted octanol–water partition coefficient (Wildman–Crippen LogP) is 5.21. The van der Waals surface area contributed by atoms with Gasteiger partial charge in [-0.25, -0.2) is 4.39 Å². The molecule has 0 aliphatic carbocycles. The average Bonchev–Trinajstić information content (AvgIpc) is 3.23. The first kappa shape index (κ1) is 18.7. The minimum Gasteiger partial charge on any atom is -0.495 e. The summed E-state index contributed by atoms with van der Waals surface area (Å²) in [5.41, 5.74) is 0.638. The number of rotatable bonds is 3. The van der Waals surface area contributed by atoms with Crippen molar-refractivity contribution in [2.24, 2.45) is 0 Å². The van der Waals surface area contributed by atoms with E-state index in [9.17, 15) is 22.8 Å². The summed E-state index contributed by atoms with van der Waals surface area (Å²) < 4.78 is 59.4. The second kappa shape index (κ2) is 7.29. The lowest BCUT2D eigenvalue weighted by Crippen LogP contribution is -2.19. The van der Waals surface area contributed by atoms with Gasteiger partial charge in [0.2, 0.25) is 0 Å². The minimum absolute atomic E-state index is 0.178. The minimum atomic E-state index is -4.68. The van der Waals surface area contributed by atoms with Crippen molar-refractivity contribution in [1.82, 2.24) is 0 Å². The van der Waals surface area contributed by atoms with Crippen LogP contribution in [0.5, 0.6) is 5.75 Å². The first-order chi connectivity index (χ1) is 12.4. The molecule has 2 aliphatic rings. The Bertz CT molecular complexity index is 855. The third kappa shape index (κ3) is 3.31. The molecule has 0 amide bonds. The lowest BCUT2D eigenvalue weighted by Gasteiger charge is -2.26. The monoisotopic (exact) mass is 402 g/mol. The van der Waals surface area contributed by atoms with Crippen molar-refractivity contribution in [3.63, 3.8) is 0 Å². The topological polar surface area (TPSA) is 36.3 Å². The van der Waals surface area contributed by atoms with Crippen molar-refractivity contribution in [1.29, 1.82) is 5.26 Å². The third-order valence-corrected chi connectivity index (χ3v) is 7.29. The SMILES string of the molecule is COc1ccccc1N1CCSC1=C(C#N)[SH]1C(F)=CC=C1C(F)(F)F. The molecule has 0 saturated carbocycles. The smallest absolute Gasteiger partial charge is 0.421 e. The fourth-order valence-corrected chi connectivity index (χ4v) is 6.01. The summed E-state index contributed by atoms with van der Waals surface area (Å²) in [5.74, 6) is 1.12. The number of allylic oxidation sites excluding steroid dienone is 4. The van der Waals surface area contributed by atoms with E-state index in [0.717, 1.165) is 12.2 Å². The first-order valence-electron chi connectivity index (χ1n) is 7.51. The van der Waals surface area contributed by atoms with Crippen LogP contribution in [0.2, 0.25) is 0 Å². The van der Waals surface area contributed by atoms with E-state index in [1.54, 1.807) is 29.2 Å². The molecule has 1 fully saturated rings. The van der Waals surface area contributed by atoms with Gasteiger partial charge in [-0.05, 0) is 24.3 Å². The third-order valence-electron chi connectivity index (χ3n) is 3.83. The second-order valence-electron chi connectivity index (χ2n) is 5.31. The summed E-state index contributed by atoms with van der Waals surface area (Å²) in [6.45, 7) is 0.491. The van der Waals surface area contributed by atoms with Gasteiger partial charge in [0.25, 0.3) is 0 Å². The van der Waals surface area contributed by atoms with Gasteiger partial charge in [-0.1, -0.05) is 12.1 Å². The van der Waals surface area contributed by atoms with E-state index in [-0.39, 0.29) is 4.91 Å². The van der Waals surface area contributed by atoms with Gasteiger partial charge >= 0.3 is 6.18 Å². The molecule has 2 aliphatic heterocycles. The zero-order valence-corrected chi connectivity index (χ0v) is 15.3. The van der Waals surface area contributed by atoms with Crippen molar-refractivity contribution in [3.8, 4) is 11.8 Å². The summed E-state index contributed by atoms with van der Waals surface area (Å²) in [4.78, 5) is 0.550. The average molecular weight is 402 g/mol. The van der Waals surface area contributed by atoms with Gasteiger partial charge in [-0.15, -0.1) is 22.7 Å². The number of thiol groups is 1. The predicted molar refractivity (Wildman–Crippen MR) is 97.8 cm³/mol. The molecule has 1 unspecified atom stereocenters. The summed E-state index contributed by atoms with van der Waals surface area (Å²) in [5, 5.41) is 9.03. The van der Waals surface area contributed by atoms with E-state index < -0.39 is 27.1 Å². The van der Waals surface area contributed by atoms with Crippen LogP contribution < -0.4 is 9.64 Å². The molecule has 0 spiro atoms. The number of hydrogen-bond acceptors (Lipinski definition) is 4. The highest BCUT2D eigenvalue weighted by Gasteiger charge is 2.44. The van der Waals surface area contributed by atoms with Crippen molar-refractivity contribution in [3.05, 3.63) is 56.4 Å². The number of hydrogen-bond donors (Lipinski definition) is 1. The van der Waals surface area contributed by atoms with Crippen LogP contribution in [0.1, 0.15) is 0 Å². The number of anilines is 1. The lowest BCUT2D eigenvalue weighted by atomic mass is 10.2. The first-order valence-corrected chi connectivity index (χ1v) is 9.83. The van der Waals surface area contributed by atoms with Crippen LogP contribution in [0.3, 0.4) is 0 Å². The number of nitrogens with zero attached hydrogens (tertiary/aromatic N) is 2. The van der Waals surface area contributed by atoms with Gasteiger partial charge in [0, 0.05) is 12.3 Å². The molecule has 0 radical (unpaired) electrons. The number of nitriles is 1. The molecule has 9 heteroatoms. The standard InChI is InChI=1S/C17H14F4N2OS2/c1-24-12-5-3-2-4-11(12)23-8-9-25-16(23)13(10-22)26-14(17(19,20)21)6-7-15(26)18/h2-7,26H,8-9H2,1H3. The molecule has 0 bridgehead atoms. The molecule has 26 heavy (non-hydrogen) atoms. The van der Waals surface area contributed by atoms with Crippen molar-refractivity contribution < 1.29 is 22.3 Å². The number of ether oxygens (including phenoxy) is 1. The number of thioether (sulfide) groups is 1. The highest BCUT2D eigenvalue weighted by molar-refractivity contribution is 8.27. The Balaban J connectivity index is 2.10. The zero-order valence-electron chi connectivity index (χ0n) is 13.5.